The molecule has 2 bridgehead atoms. The zero-order valence-electron chi connectivity index (χ0n) is 21.0. The van der Waals surface area contributed by atoms with Gasteiger partial charge in [-0.2, -0.15) is 0 Å². The van der Waals surface area contributed by atoms with Crippen LogP contribution in [0.15, 0.2) is 43.1 Å². The van der Waals surface area contributed by atoms with Crippen LogP contribution in [0.3, 0.4) is 0 Å². The number of alkyl carbamates (subject to hydrolysis) is 1. The second kappa shape index (κ2) is 10.2. The number of aromatic nitrogens is 1. The summed E-state index contributed by atoms with van der Waals surface area (Å²) in [6, 6.07) is 7.63. The number of carbonyl (C=O) groups is 2. The largest absolute Gasteiger partial charge is 0.497 e. The van der Waals surface area contributed by atoms with Crippen LogP contribution in [-0.2, 0) is 14.3 Å². The smallest absolute Gasteiger partial charge is 0.408 e. The van der Waals surface area contributed by atoms with Crippen LogP contribution < -0.4 is 10.1 Å². The number of piperidine rings is 3. The summed E-state index contributed by atoms with van der Waals surface area (Å²) in [6.45, 7) is 10.9. The number of methoxy groups -OCH3 is 1. The van der Waals surface area contributed by atoms with Crippen molar-refractivity contribution in [1.82, 2.24) is 15.2 Å². The molecule has 8 heteroatoms. The van der Waals surface area contributed by atoms with Crippen LogP contribution in [0.1, 0.15) is 45.3 Å². The molecule has 1 aromatic heterocycles. The van der Waals surface area contributed by atoms with Gasteiger partial charge in [0.05, 0.1) is 18.7 Å². The quantitative estimate of drug-likeness (QED) is 0.467. The van der Waals surface area contributed by atoms with Crippen molar-refractivity contribution in [2.24, 2.45) is 11.8 Å². The van der Waals surface area contributed by atoms with Gasteiger partial charge in [0.2, 0.25) is 0 Å². The molecule has 3 fully saturated rings. The standard InChI is InChI=1S/C27H35N3O5/c1-6-17-16-30-12-10-18(17)13-23(30)25(34-24(31)15-29-26(32)35-27(2,3)4)20-9-11-28-22-8-7-19(33-5)14-21(20)22/h6-9,11,14,17-18,23,25H,1,10,12-13,15-16H2,2-5H3,(H,29,32)/t17-,18-,23-,25+/m0/s1. The van der Waals surface area contributed by atoms with Crippen LogP contribution in [0.5, 0.6) is 5.75 Å². The maximum absolute atomic E-state index is 13.0. The highest BCUT2D eigenvalue weighted by molar-refractivity contribution is 5.84. The minimum atomic E-state index is -0.653. The first-order valence-electron chi connectivity index (χ1n) is 12.1. The summed E-state index contributed by atoms with van der Waals surface area (Å²) >= 11 is 0. The fraction of sp³-hybridized carbons (Fsp3) is 0.519. The van der Waals surface area contributed by atoms with Crippen LogP contribution in [-0.4, -0.2) is 60.3 Å². The molecular weight excluding hydrogens is 446 g/mol. The van der Waals surface area contributed by atoms with Crippen molar-refractivity contribution in [3.05, 3.63) is 48.7 Å². The fourth-order valence-electron chi connectivity index (χ4n) is 5.20. The molecule has 3 aliphatic rings. The molecule has 3 saturated heterocycles. The minimum Gasteiger partial charge on any atom is -0.497 e. The van der Waals surface area contributed by atoms with Gasteiger partial charge in [-0.05, 0) is 76.3 Å². The molecule has 1 aromatic carbocycles. The average molecular weight is 482 g/mol. The predicted molar refractivity (Wildman–Crippen MR) is 133 cm³/mol. The summed E-state index contributed by atoms with van der Waals surface area (Å²) in [7, 11) is 1.62. The zero-order chi connectivity index (χ0) is 25.2. The lowest BCUT2D eigenvalue weighted by Gasteiger charge is -2.51. The molecular formula is C27H35N3O5. The number of rotatable bonds is 7. The third kappa shape index (κ3) is 5.75. The zero-order valence-corrected chi connectivity index (χ0v) is 21.0. The van der Waals surface area contributed by atoms with Crippen molar-refractivity contribution in [3.63, 3.8) is 0 Å². The number of benzene rings is 1. The molecule has 0 radical (unpaired) electrons. The Morgan fingerprint density at radius 3 is 2.77 bits per heavy atom. The number of carbonyl (C=O) groups excluding carboxylic acids is 2. The number of nitrogens with zero attached hydrogens (tertiary/aromatic N) is 2. The van der Waals surface area contributed by atoms with Gasteiger partial charge in [-0.1, -0.05) is 6.08 Å². The van der Waals surface area contributed by atoms with Gasteiger partial charge >= 0.3 is 12.1 Å². The lowest BCUT2D eigenvalue weighted by molar-refractivity contribution is -0.156. The van der Waals surface area contributed by atoms with E-state index in [1.165, 1.54) is 0 Å². The highest BCUT2D eigenvalue weighted by Crippen LogP contribution is 2.43. The molecule has 2 aromatic rings. The number of amides is 1. The molecule has 4 heterocycles. The van der Waals surface area contributed by atoms with Crippen molar-refractivity contribution in [2.75, 3.05) is 26.7 Å². The first-order chi connectivity index (χ1) is 16.7. The fourth-order valence-corrected chi connectivity index (χ4v) is 5.20. The molecule has 0 spiro atoms. The molecule has 8 nitrogen and oxygen atoms in total. The number of ether oxygens (including phenoxy) is 3. The van der Waals surface area contributed by atoms with Crippen molar-refractivity contribution < 1.29 is 23.8 Å². The van der Waals surface area contributed by atoms with E-state index in [0.717, 1.165) is 42.4 Å². The molecule has 5 rings (SSSR count). The van der Waals surface area contributed by atoms with Gasteiger partial charge in [0.25, 0.3) is 0 Å². The van der Waals surface area contributed by atoms with Crippen LogP contribution in [0, 0.1) is 11.8 Å². The summed E-state index contributed by atoms with van der Waals surface area (Å²) in [5, 5.41) is 3.39. The topological polar surface area (TPSA) is 90.0 Å². The summed E-state index contributed by atoms with van der Waals surface area (Å²) in [4.78, 5) is 31.9. The monoisotopic (exact) mass is 481 g/mol. The number of fused-ring (bicyclic) bond motifs is 4. The molecule has 5 atom stereocenters. The predicted octanol–water partition coefficient (Wildman–Crippen LogP) is 4.25. The van der Waals surface area contributed by atoms with E-state index in [4.69, 9.17) is 14.2 Å². The number of nitrogens with one attached hydrogen (secondary N) is 1. The third-order valence-electron chi connectivity index (χ3n) is 6.83. The molecule has 35 heavy (non-hydrogen) atoms. The van der Waals surface area contributed by atoms with Crippen molar-refractivity contribution in [2.45, 2.75) is 51.4 Å². The Kier molecular flexibility index (Phi) is 7.31. The first kappa shape index (κ1) is 25.0. The van der Waals surface area contributed by atoms with Crippen LogP contribution in [0.2, 0.25) is 0 Å². The third-order valence-corrected chi connectivity index (χ3v) is 6.83. The highest BCUT2D eigenvalue weighted by Gasteiger charge is 2.44. The molecule has 188 valence electrons. The number of esters is 1. The van der Waals surface area contributed by atoms with E-state index < -0.39 is 23.8 Å². The van der Waals surface area contributed by atoms with Gasteiger partial charge in [-0.3, -0.25) is 14.7 Å². The molecule has 3 aliphatic heterocycles. The van der Waals surface area contributed by atoms with E-state index in [2.05, 4.69) is 21.8 Å². The Balaban J connectivity index is 1.61. The van der Waals surface area contributed by atoms with E-state index in [0.29, 0.717) is 17.6 Å². The van der Waals surface area contributed by atoms with Crippen molar-refractivity contribution in [3.8, 4) is 5.75 Å². The summed E-state index contributed by atoms with van der Waals surface area (Å²) in [6.07, 6.45) is 4.63. The van der Waals surface area contributed by atoms with E-state index in [9.17, 15) is 9.59 Å². The number of pyridine rings is 1. The van der Waals surface area contributed by atoms with Crippen LogP contribution in [0.25, 0.3) is 10.9 Å². The van der Waals surface area contributed by atoms with E-state index in [-0.39, 0.29) is 12.6 Å². The SMILES string of the molecule is C=C[C@H]1CN2CC[C@H]1C[C@H]2[C@H](OC(=O)CNC(=O)OC(C)(C)C)c1ccnc2ccc(OC)cc12. The van der Waals surface area contributed by atoms with Gasteiger partial charge in [-0.15, -0.1) is 6.58 Å². The Labute approximate surface area is 206 Å². The summed E-state index contributed by atoms with van der Waals surface area (Å²) < 4.78 is 16.8. The molecule has 1 unspecified atom stereocenters. The molecule has 0 aliphatic carbocycles. The van der Waals surface area contributed by atoms with E-state index in [1.54, 1.807) is 34.1 Å². The van der Waals surface area contributed by atoms with Crippen molar-refractivity contribution in [1.29, 1.82) is 0 Å². The maximum atomic E-state index is 13.0. The second-order valence-corrected chi connectivity index (χ2v) is 10.3. The van der Waals surface area contributed by atoms with Gasteiger partial charge in [-0.25, -0.2) is 4.79 Å². The summed E-state index contributed by atoms with van der Waals surface area (Å²) in [5.74, 6) is 1.14. The maximum Gasteiger partial charge on any atom is 0.408 e. The molecule has 0 saturated carbocycles. The average Bonchev–Trinajstić information content (AvgIpc) is 2.84. The second-order valence-electron chi connectivity index (χ2n) is 10.3. The number of hydrogen-bond acceptors (Lipinski definition) is 7. The van der Waals surface area contributed by atoms with Gasteiger partial charge in [0, 0.05) is 23.7 Å². The van der Waals surface area contributed by atoms with Gasteiger partial charge < -0.3 is 19.5 Å². The first-order valence-corrected chi connectivity index (χ1v) is 12.1. The molecule has 1 N–H and O–H groups in total. The Bertz CT molecular complexity index is 1100. The Morgan fingerprint density at radius 2 is 2.11 bits per heavy atom. The Hall–Kier alpha value is -3.13. The van der Waals surface area contributed by atoms with Crippen molar-refractivity contribution >= 4 is 23.0 Å². The lowest BCUT2D eigenvalue weighted by atomic mass is 9.73. The van der Waals surface area contributed by atoms with Crippen LogP contribution in [0.4, 0.5) is 4.79 Å². The van der Waals surface area contributed by atoms with E-state index in [1.807, 2.05) is 30.3 Å². The van der Waals surface area contributed by atoms with E-state index >= 15 is 0 Å². The Morgan fingerprint density at radius 1 is 1.31 bits per heavy atom. The van der Waals surface area contributed by atoms with Crippen LogP contribution >= 0.6 is 0 Å². The van der Waals surface area contributed by atoms with Gasteiger partial charge in [0.1, 0.15) is 24.0 Å². The normalized spacial score (nSPS) is 24.5. The summed E-state index contributed by atoms with van der Waals surface area (Å²) in [5.41, 5.74) is 1.03. The lowest BCUT2D eigenvalue weighted by Crippen LogP contribution is -2.55. The minimum absolute atomic E-state index is 0.0206. The molecule has 1 amide bonds. The number of hydrogen-bond donors (Lipinski definition) is 1. The highest BCUT2D eigenvalue weighted by atomic mass is 16.6. The van der Waals surface area contributed by atoms with Gasteiger partial charge in [0.15, 0.2) is 0 Å².